The van der Waals surface area contributed by atoms with Gasteiger partial charge in [0.15, 0.2) is 0 Å². The number of amides is 2. The van der Waals surface area contributed by atoms with Crippen molar-refractivity contribution in [3.8, 4) is 0 Å². The van der Waals surface area contributed by atoms with E-state index in [1.54, 1.807) is 20.8 Å². The maximum absolute atomic E-state index is 11.6. The molecule has 0 aromatic carbocycles. The number of allylic oxidation sites excluding steroid dienone is 4. The zero-order chi connectivity index (χ0) is 25.9. The van der Waals surface area contributed by atoms with Crippen molar-refractivity contribution in [1.29, 1.82) is 0 Å². The van der Waals surface area contributed by atoms with Crippen LogP contribution < -0.4 is 68.9 Å². The number of nitrogens with one attached hydrogen (secondary N) is 1. The van der Waals surface area contributed by atoms with Gasteiger partial charge in [0.2, 0.25) is 0 Å². The van der Waals surface area contributed by atoms with Crippen LogP contribution in [-0.4, -0.2) is 45.8 Å². The van der Waals surface area contributed by atoms with Crippen LogP contribution in [-0.2, 0) is 14.3 Å². The number of fused-ring (bicyclic) bond motifs is 2. The van der Waals surface area contributed by atoms with Crippen LogP contribution >= 0.6 is 0 Å². The van der Waals surface area contributed by atoms with Crippen LogP contribution in [0.4, 0.5) is 9.59 Å². The molecule has 1 saturated heterocycles. The van der Waals surface area contributed by atoms with E-state index in [0.717, 1.165) is 12.8 Å². The summed E-state index contributed by atoms with van der Waals surface area (Å²) >= 11 is -5.94. The number of carbonyl (C=O) groups is 2. The molecule has 3 rings (SSSR count). The number of halogens is 1. The molecule has 2 N–H and O–H groups in total. The molecule has 0 aromatic rings. The normalized spacial score (nSPS) is 19.4. The van der Waals surface area contributed by atoms with Gasteiger partial charge in [0.05, 0.1) is 6.04 Å². The van der Waals surface area contributed by atoms with Gasteiger partial charge in [-0.25, -0.2) is 15.1 Å². The third kappa shape index (κ3) is 20.6. The molecule has 1 fully saturated rings. The molecule has 2 aliphatic carbocycles. The van der Waals surface area contributed by atoms with Gasteiger partial charge < -0.3 is 9.47 Å². The van der Waals surface area contributed by atoms with E-state index < -0.39 is 43.5 Å². The summed E-state index contributed by atoms with van der Waals surface area (Å²) in [7, 11) is 0. The van der Waals surface area contributed by atoms with E-state index in [1.807, 2.05) is 32.9 Å². The fourth-order valence-electron chi connectivity index (χ4n) is 2.30. The molecule has 1 aliphatic heterocycles. The zero-order valence-electron chi connectivity index (χ0n) is 20.5. The Balaban J connectivity index is 0. The van der Waals surface area contributed by atoms with E-state index in [0.29, 0.717) is 0 Å². The Hall–Kier alpha value is -0.750. The first kappa shape index (κ1) is 35.4. The SMILES string of the molecule is C1=CCC=C1.CC(C)(C)OC(=O)N1OC2C=CC1C2.CC(C)(C)OC(=O)NO.[Na+].[O-][I+3]([O-])([O-])[O-]. The van der Waals surface area contributed by atoms with E-state index in [2.05, 4.69) is 29.0 Å². The van der Waals surface area contributed by atoms with Gasteiger partial charge in [-0.05, 0) is 48.0 Å². The minimum Gasteiger partial charge on any atom is -0.442 e. The first-order valence-corrected chi connectivity index (χ1v) is 13.4. The Kier molecular flexibility index (Phi) is 16.8. The van der Waals surface area contributed by atoms with E-state index in [9.17, 15) is 9.59 Å². The minimum absolute atomic E-state index is 0. The number of rotatable bonds is 0. The number of carbonyl (C=O) groups excluding carboxylic acids is 2. The van der Waals surface area contributed by atoms with Gasteiger partial charge >= 0.3 is 41.7 Å². The maximum atomic E-state index is 11.6. The smallest absolute Gasteiger partial charge is 0.442 e. The summed E-state index contributed by atoms with van der Waals surface area (Å²) in [5.41, 5.74) is 0.345. The van der Waals surface area contributed by atoms with Crippen LogP contribution in [0.5, 0.6) is 0 Å². The van der Waals surface area contributed by atoms with Crippen molar-refractivity contribution in [2.75, 3.05) is 0 Å². The third-order valence-corrected chi connectivity index (χ3v) is 3.29. The molecule has 2 atom stereocenters. The summed E-state index contributed by atoms with van der Waals surface area (Å²) in [6.45, 7) is 10.7. The molecule has 2 unspecified atom stereocenters. The molecular formula is C20H32IN2NaO10. The van der Waals surface area contributed by atoms with Gasteiger partial charge in [-0.15, -0.1) is 0 Å². The molecular weight excluding hydrogens is 578 g/mol. The molecule has 14 heteroatoms. The van der Waals surface area contributed by atoms with Gasteiger partial charge in [-0.1, -0.05) is 36.5 Å². The van der Waals surface area contributed by atoms with Crippen molar-refractivity contribution in [2.45, 2.75) is 77.7 Å². The van der Waals surface area contributed by atoms with Crippen molar-refractivity contribution in [3.05, 3.63) is 36.5 Å². The number of hydrogen-bond donors (Lipinski definition) is 2. The Labute approximate surface area is 228 Å². The molecule has 190 valence electrons. The molecule has 0 spiro atoms. The fraction of sp³-hybridized carbons (Fsp3) is 0.600. The average Bonchev–Trinajstić information content (AvgIpc) is 3.37. The fourth-order valence-corrected chi connectivity index (χ4v) is 2.30. The molecule has 2 bridgehead atoms. The Morgan fingerprint density at radius 2 is 1.47 bits per heavy atom. The monoisotopic (exact) mass is 610 g/mol. The van der Waals surface area contributed by atoms with Gasteiger partial charge in [0.1, 0.15) is 37.4 Å². The van der Waals surface area contributed by atoms with Gasteiger partial charge in [0, 0.05) is 6.42 Å². The quantitative estimate of drug-likeness (QED) is 0.0878. The van der Waals surface area contributed by atoms with Crippen LogP contribution in [0.1, 0.15) is 54.4 Å². The second-order valence-corrected chi connectivity index (χ2v) is 10.9. The number of nitrogens with zero attached hydrogens (tertiary/aromatic N) is 1. The first-order valence-electron chi connectivity index (χ1n) is 9.85. The molecule has 12 nitrogen and oxygen atoms in total. The van der Waals surface area contributed by atoms with Crippen LogP contribution in [0, 0.1) is 0 Å². The maximum Gasteiger partial charge on any atom is 1.00 e. The molecule has 0 aromatic heterocycles. The Morgan fingerprint density at radius 1 is 1.00 bits per heavy atom. The molecule has 0 saturated carbocycles. The second kappa shape index (κ2) is 16.1. The summed E-state index contributed by atoms with van der Waals surface area (Å²) in [4.78, 5) is 27.2. The van der Waals surface area contributed by atoms with Gasteiger partial charge in [-0.2, -0.15) is 5.06 Å². The van der Waals surface area contributed by atoms with Crippen LogP contribution in [0.15, 0.2) is 36.5 Å². The van der Waals surface area contributed by atoms with Crippen LogP contribution in [0.25, 0.3) is 0 Å². The second-order valence-electron chi connectivity index (χ2n) is 8.72. The predicted molar refractivity (Wildman–Crippen MR) is 105 cm³/mol. The van der Waals surface area contributed by atoms with Crippen molar-refractivity contribution in [3.63, 3.8) is 0 Å². The van der Waals surface area contributed by atoms with E-state index in [4.69, 9.17) is 28.5 Å². The van der Waals surface area contributed by atoms with E-state index in [-0.39, 0.29) is 41.7 Å². The van der Waals surface area contributed by atoms with Crippen LogP contribution in [0.2, 0.25) is 0 Å². The average molecular weight is 610 g/mol. The summed E-state index contributed by atoms with van der Waals surface area (Å²) in [6, 6.07) is 0.0647. The van der Waals surface area contributed by atoms with Crippen molar-refractivity contribution in [1.82, 2.24) is 10.5 Å². The van der Waals surface area contributed by atoms with E-state index in [1.165, 1.54) is 10.5 Å². The molecule has 0 radical (unpaired) electrons. The van der Waals surface area contributed by atoms with E-state index >= 15 is 0 Å². The Bertz CT molecular complexity index is 696. The molecule has 3 aliphatic rings. The summed E-state index contributed by atoms with van der Waals surface area (Å²) < 4.78 is 44.3. The number of hydroxylamine groups is 3. The zero-order valence-corrected chi connectivity index (χ0v) is 24.6. The first-order chi connectivity index (χ1) is 14.9. The topological polar surface area (TPSA) is 190 Å². The van der Waals surface area contributed by atoms with Crippen molar-refractivity contribution < 1.29 is 92.5 Å². The van der Waals surface area contributed by atoms with Gasteiger partial charge in [0.25, 0.3) is 0 Å². The number of ether oxygens (including phenoxy) is 2. The van der Waals surface area contributed by atoms with Gasteiger partial charge in [-0.3, -0.25) is 23.8 Å². The standard InChI is InChI=1S/C10H15NO3.C5H11NO3.C5H6.IO4.Na/c1-10(2,3)13-9(12)11-7-4-5-8(6-7)14-11;1-5(2,3)9-4(7)6-8;1-2-4-5-3-1;2-1(3,4)5;/h4-5,7-8H,6H2,1-3H3;8H,1-3H3,(H,6,7);1-4H,5H2;;/q;;;-1;+1. The third-order valence-electron chi connectivity index (χ3n) is 3.29. The number of hydrogen-bond acceptors (Lipinski definition) is 10. The van der Waals surface area contributed by atoms with Crippen LogP contribution in [0.3, 0.4) is 0 Å². The largest absolute Gasteiger partial charge is 1.00 e. The molecule has 34 heavy (non-hydrogen) atoms. The minimum atomic E-state index is -5.94. The summed E-state index contributed by atoms with van der Waals surface area (Å²) in [5.74, 6) is 0. The van der Waals surface area contributed by atoms with Crippen molar-refractivity contribution in [2.24, 2.45) is 0 Å². The summed E-state index contributed by atoms with van der Waals surface area (Å²) in [5, 5.41) is 9.30. The molecule has 2 amide bonds. The Morgan fingerprint density at radius 3 is 1.71 bits per heavy atom. The van der Waals surface area contributed by atoms with Crippen molar-refractivity contribution >= 4 is 12.2 Å². The summed E-state index contributed by atoms with van der Waals surface area (Å²) in [6.07, 6.45) is 13.2. The molecule has 1 heterocycles. The predicted octanol–water partition coefficient (Wildman–Crippen LogP) is -6.48.